The van der Waals surface area contributed by atoms with Crippen molar-refractivity contribution in [2.45, 2.75) is 38.0 Å². The molecular formula is C52H39NO. The van der Waals surface area contributed by atoms with E-state index in [-0.39, 0.29) is 5.41 Å². The second-order valence-electron chi connectivity index (χ2n) is 15.5. The Morgan fingerprint density at radius 1 is 0.574 bits per heavy atom. The maximum atomic E-state index is 6.78. The van der Waals surface area contributed by atoms with Gasteiger partial charge in [-0.15, -0.1) is 0 Å². The molecule has 2 nitrogen and oxygen atoms in total. The highest BCUT2D eigenvalue weighted by Crippen LogP contribution is 2.63. The van der Waals surface area contributed by atoms with Gasteiger partial charge in [0.15, 0.2) is 5.58 Å². The van der Waals surface area contributed by atoms with Crippen LogP contribution in [0.25, 0.3) is 44.2 Å². The molecule has 0 aliphatic heterocycles. The number of hydrogen-bond acceptors (Lipinski definition) is 2. The third-order valence-electron chi connectivity index (χ3n) is 12.6. The first-order chi connectivity index (χ1) is 26.5. The number of furan rings is 1. The van der Waals surface area contributed by atoms with E-state index < -0.39 is 5.41 Å². The Balaban J connectivity index is 1.19. The van der Waals surface area contributed by atoms with Crippen LogP contribution in [0.5, 0.6) is 0 Å². The topological polar surface area (TPSA) is 16.4 Å². The van der Waals surface area contributed by atoms with Crippen molar-refractivity contribution in [2.75, 3.05) is 4.90 Å². The van der Waals surface area contributed by atoms with Crippen LogP contribution in [0.3, 0.4) is 0 Å². The normalized spacial score (nSPS) is 16.4. The Hall–Kier alpha value is -6.38. The molecule has 0 bridgehead atoms. The van der Waals surface area contributed by atoms with Crippen molar-refractivity contribution >= 4 is 33.3 Å². The van der Waals surface area contributed by atoms with Crippen LogP contribution in [0.15, 0.2) is 186 Å². The molecule has 0 unspecified atom stereocenters. The number of benzene rings is 7. The number of fused-ring (bicyclic) bond motifs is 14. The van der Waals surface area contributed by atoms with Crippen LogP contribution >= 0.6 is 0 Å². The highest BCUT2D eigenvalue weighted by Gasteiger charge is 2.51. The molecule has 1 aromatic heterocycles. The molecule has 3 aliphatic carbocycles. The van der Waals surface area contributed by atoms with E-state index >= 15 is 0 Å². The summed E-state index contributed by atoms with van der Waals surface area (Å²) < 4.78 is 6.78. The van der Waals surface area contributed by atoms with E-state index in [1.807, 2.05) is 0 Å². The number of allylic oxidation sites excluding steroid dienone is 3. The van der Waals surface area contributed by atoms with Crippen LogP contribution in [-0.2, 0) is 17.3 Å². The predicted molar refractivity (Wildman–Crippen MR) is 224 cm³/mol. The molecule has 0 fully saturated rings. The van der Waals surface area contributed by atoms with E-state index in [4.69, 9.17) is 4.42 Å². The third kappa shape index (κ3) is 4.06. The van der Waals surface area contributed by atoms with Gasteiger partial charge in [-0.3, -0.25) is 0 Å². The third-order valence-corrected chi connectivity index (χ3v) is 12.6. The zero-order chi connectivity index (χ0) is 36.2. The van der Waals surface area contributed by atoms with Crippen molar-refractivity contribution in [1.29, 1.82) is 0 Å². The molecular weight excluding hydrogens is 655 g/mol. The Morgan fingerprint density at radius 2 is 1.15 bits per heavy atom. The van der Waals surface area contributed by atoms with Gasteiger partial charge in [-0.05, 0) is 99.3 Å². The summed E-state index contributed by atoms with van der Waals surface area (Å²) in [5.41, 5.74) is 19.3. The summed E-state index contributed by atoms with van der Waals surface area (Å²) in [5, 5.41) is 2.25. The summed E-state index contributed by atoms with van der Waals surface area (Å²) in [6.07, 6.45) is 5.64. The highest BCUT2D eigenvalue weighted by atomic mass is 16.3. The first-order valence-electron chi connectivity index (χ1n) is 19.1. The van der Waals surface area contributed by atoms with Crippen molar-refractivity contribution in [3.8, 4) is 22.3 Å². The molecule has 54 heavy (non-hydrogen) atoms. The average Bonchev–Trinajstić information content (AvgIpc) is 3.91. The van der Waals surface area contributed by atoms with Gasteiger partial charge in [0.1, 0.15) is 5.58 Å². The quantitative estimate of drug-likeness (QED) is 0.182. The zero-order valence-corrected chi connectivity index (χ0v) is 30.7. The first-order valence-corrected chi connectivity index (χ1v) is 19.1. The summed E-state index contributed by atoms with van der Waals surface area (Å²) in [7, 11) is 0. The predicted octanol–water partition coefficient (Wildman–Crippen LogP) is 13.4. The molecule has 0 atom stereocenters. The van der Waals surface area contributed by atoms with E-state index in [2.05, 4.69) is 196 Å². The van der Waals surface area contributed by atoms with Crippen molar-refractivity contribution in [1.82, 2.24) is 0 Å². The van der Waals surface area contributed by atoms with Gasteiger partial charge in [0.05, 0.1) is 11.1 Å². The second kappa shape index (κ2) is 11.3. The number of anilines is 2. The minimum Gasteiger partial charge on any atom is -0.454 e. The van der Waals surface area contributed by atoms with Gasteiger partial charge in [0.2, 0.25) is 0 Å². The van der Waals surface area contributed by atoms with E-state index in [9.17, 15) is 0 Å². The monoisotopic (exact) mass is 693 g/mol. The zero-order valence-electron chi connectivity index (χ0n) is 30.7. The summed E-state index contributed by atoms with van der Waals surface area (Å²) in [6.45, 7) is 6.91. The Bertz CT molecular complexity index is 2850. The molecule has 8 aromatic rings. The van der Waals surface area contributed by atoms with E-state index in [1.54, 1.807) is 0 Å². The fraction of sp³-hybridized carbons (Fsp3) is 0.115. The lowest BCUT2D eigenvalue weighted by Crippen LogP contribution is -2.26. The standard InChI is InChI=1S/C52H39NO/c1-4-35(31-34-30-33-16-5-10-22-43(33)51(34,2)3)53(48-26-15-21-42-41-20-9-14-27-49(41)54-50(42)48)36-28-29-40-39-19-8-13-25-46(39)52(47(40)32-36)44-23-11-6-17-37(44)38-18-7-12-24-45(38)52/h4-29,31-32H,30H2,1-3H3. The van der Waals surface area contributed by atoms with Gasteiger partial charge in [-0.25, -0.2) is 0 Å². The van der Waals surface area contributed by atoms with Gasteiger partial charge in [0.25, 0.3) is 0 Å². The molecule has 0 amide bonds. The Kier molecular flexibility index (Phi) is 6.53. The maximum Gasteiger partial charge on any atom is 0.159 e. The molecule has 7 aromatic carbocycles. The van der Waals surface area contributed by atoms with Crippen LogP contribution in [0, 0.1) is 0 Å². The molecule has 258 valence electrons. The van der Waals surface area contributed by atoms with Gasteiger partial charge in [0, 0.05) is 27.6 Å². The Labute approximate surface area is 316 Å². The van der Waals surface area contributed by atoms with Crippen molar-refractivity contribution in [3.05, 3.63) is 215 Å². The SMILES string of the molecule is CC=C(C=C1Cc2ccccc2C1(C)C)N(c1ccc2c(c1)C1(c3ccccc3-c3ccccc31)c1ccccc1-2)c1cccc2c1oc1ccccc12. The average molecular weight is 694 g/mol. The van der Waals surface area contributed by atoms with Crippen LogP contribution < -0.4 is 4.90 Å². The van der Waals surface area contributed by atoms with Crippen molar-refractivity contribution in [2.24, 2.45) is 0 Å². The molecule has 11 rings (SSSR count). The molecule has 0 radical (unpaired) electrons. The van der Waals surface area contributed by atoms with Crippen molar-refractivity contribution < 1.29 is 4.42 Å². The minimum atomic E-state index is -0.435. The van der Waals surface area contributed by atoms with E-state index in [1.165, 1.54) is 61.2 Å². The van der Waals surface area contributed by atoms with Crippen LogP contribution in [0.2, 0.25) is 0 Å². The molecule has 0 N–H and O–H groups in total. The van der Waals surface area contributed by atoms with Crippen molar-refractivity contribution in [3.63, 3.8) is 0 Å². The summed E-state index contributed by atoms with van der Waals surface area (Å²) in [6, 6.07) is 58.2. The first kappa shape index (κ1) is 31.2. The second-order valence-corrected chi connectivity index (χ2v) is 15.5. The number of para-hydroxylation sites is 2. The van der Waals surface area contributed by atoms with Gasteiger partial charge < -0.3 is 9.32 Å². The van der Waals surface area contributed by atoms with Crippen LogP contribution in [-0.4, -0.2) is 0 Å². The summed E-state index contributed by atoms with van der Waals surface area (Å²) in [4.78, 5) is 2.44. The lowest BCUT2D eigenvalue weighted by Gasteiger charge is -2.33. The maximum absolute atomic E-state index is 6.78. The fourth-order valence-corrected chi connectivity index (χ4v) is 10.1. The van der Waals surface area contributed by atoms with E-state index in [0.717, 1.165) is 45.4 Å². The molecule has 2 heteroatoms. The summed E-state index contributed by atoms with van der Waals surface area (Å²) in [5.74, 6) is 0. The van der Waals surface area contributed by atoms with Crippen LogP contribution in [0.4, 0.5) is 11.4 Å². The molecule has 1 spiro atoms. The van der Waals surface area contributed by atoms with Gasteiger partial charge in [-0.2, -0.15) is 0 Å². The van der Waals surface area contributed by atoms with Gasteiger partial charge in [-0.1, -0.05) is 159 Å². The number of rotatable bonds is 4. The fourth-order valence-electron chi connectivity index (χ4n) is 10.1. The Morgan fingerprint density at radius 3 is 1.81 bits per heavy atom. The number of hydrogen-bond donors (Lipinski definition) is 0. The molecule has 3 aliphatic rings. The van der Waals surface area contributed by atoms with E-state index in [0.29, 0.717) is 0 Å². The molecule has 0 saturated carbocycles. The number of nitrogens with zero attached hydrogens (tertiary/aromatic N) is 1. The lowest BCUT2D eigenvalue weighted by atomic mass is 9.70. The van der Waals surface area contributed by atoms with Gasteiger partial charge >= 0.3 is 0 Å². The lowest BCUT2D eigenvalue weighted by molar-refractivity contribution is 0.643. The smallest absolute Gasteiger partial charge is 0.159 e. The minimum absolute atomic E-state index is 0.0944. The molecule has 0 saturated heterocycles. The van der Waals surface area contributed by atoms with Crippen LogP contribution in [0.1, 0.15) is 54.2 Å². The molecule has 1 heterocycles. The summed E-state index contributed by atoms with van der Waals surface area (Å²) >= 11 is 0. The largest absolute Gasteiger partial charge is 0.454 e. The highest BCUT2D eigenvalue weighted by molar-refractivity contribution is 6.10.